The maximum absolute atomic E-state index is 12.8. The minimum Gasteiger partial charge on any atom is -0.343 e. The number of hydrogen-bond donors (Lipinski definition) is 0. The van der Waals surface area contributed by atoms with Gasteiger partial charge in [-0.05, 0) is 29.8 Å². The second-order valence-electron chi connectivity index (χ2n) is 6.43. The molecule has 0 saturated carbocycles. The van der Waals surface area contributed by atoms with Crippen molar-refractivity contribution in [2.45, 2.75) is 4.90 Å². The maximum Gasteiger partial charge on any atom is 0.272 e. The van der Waals surface area contributed by atoms with E-state index in [1.807, 2.05) is 12.1 Å². The topological polar surface area (TPSA) is 85.2 Å². The van der Waals surface area contributed by atoms with E-state index in [2.05, 4.69) is 10.1 Å². The first kappa shape index (κ1) is 18.8. The van der Waals surface area contributed by atoms with Crippen LogP contribution in [0.3, 0.4) is 0 Å². The third kappa shape index (κ3) is 3.61. The second kappa shape index (κ2) is 6.96. The highest BCUT2D eigenvalue weighted by Crippen LogP contribution is 2.35. The maximum atomic E-state index is 12.8. The van der Waals surface area contributed by atoms with Gasteiger partial charge >= 0.3 is 0 Å². The number of amides is 1. The highest BCUT2D eigenvalue weighted by atomic mass is 32.2. The van der Waals surface area contributed by atoms with Gasteiger partial charge in [-0.25, -0.2) is 8.42 Å². The third-order valence-electron chi connectivity index (χ3n) is 4.18. The molecule has 0 N–H and O–H groups in total. The first-order valence-corrected chi connectivity index (χ1v) is 10.1. The molecule has 0 aliphatic rings. The van der Waals surface area contributed by atoms with Crippen molar-refractivity contribution in [2.24, 2.45) is 7.05 Å². The number of benzene rings is 1. The van der Waals surface area contributed by atoms with Crippen LogP contribution in [0.4, 0.5) is 0 Å². The first-order valence-electron chi connectivity index (χ1n) is 8.19. The van der Waals surface area contributed by atoms with Gasteiger partial charge in [-0.1, -0.05) is 12.1 Å². The third-order valence-corrected chi connectivity index (χ3v) is 5.31. The summed E-state index contributed by atoms with van der Waals surface area (Å²) < 4.78 is 25.1. The fourth-order valence-electron chi connectivity index (χ4n) is 2.84. The lowest BCUT2D eigenvalue weighted by Gasteiger charge is -2.13. The van der Waals surface area contributed by atoms with Crippen LogP contribution >= 0.6 is 0 Å². The van der Waals surface area contributed by atoms with Crippen molar-refractivity contribution < 1.29 is 13.2 Å². The minimum atomic E-state index is -3.30. The molecule has 3 rings (SSSR count). The number of nitrogens with zero attached hydrogens (tertiary/aromatic N) is 4. The molecule has 2 heterocycles. The number of aryl methyl sites for hydroxylation is 1. The van der Waals surface area contributed by atoms with Gasteiger partial charge in [0.2, 0.25) is 0 Å². The molecule has 1 amide bonds. The van der Waals surface area contributed by atoms with Crippen LogP contribution in [-0.4, -0.2) is 54.3 Å². The lowest BCUT2D eigenvalue weighted by atomic mass is 9.99. The lowest BCUT2D eigenvalue weighted by Crippen LogP contribution is -2.24. The Morgan fingerprint density at radius 1 is 1.00 bits per heavy atom. The molecule has 0 bridgehead atoms. The molecule has 0 spiro atoms. The number of hydrogen-bond acceptors (Lipinski definition) is 5. The Bertz CT molecular complexity index is 1090. The average molecular weight is 384 g/mol. The van der Waals surface area contributed by atoms with Gasteiger partial charge in [0.15, 0.2) is 9.84 Å². The van der Waals surface area contributed by atoms with Crippen LogP contribution in [0.2, 0.25) is 0 Å². The number of aromatic nitrogens is 3. The molecular formula is C19H20N4O3S. The summed E-state index contributed by atoms with van der Waals surface area (Å²) in [5.41, 5.74) is 3.26. The molecule has 0 fully saturated rings. The van der Waals surface area contributed by atoms with E-state index < -0.39 is 9.84 Å². The smallest absolute Gasteiger partial charge is 0.272 e. The van der Waals surface area contributed by atoms with Crippen LogP contribution in [0.1, 0.15) is 10.5 Å². The van der Waals surface area contributed by atoms with E-state index in [0.717, 1.165) is 11.8 Å². The van der Waals surface area contributed by atoms with Crippen LogP contribution in [0.5, 0.6) is 0 Å². The van der Waals surface area contributed by atoms with Crippen molar-refractivity contribution >= 4 is 15.7 Å². The van der Waals surface area contributed by atoms with E-state index in [1.54, 1.807) is 50.4 Å². The van der Waals surface area contributed by atoms with Crippen molar-refractivity contribution in [2.75, 3.05) is 20.4 Å². The van der Waals surface area contributed by atoms with Gasteiger partial charge in [-0.2, -0.15) is 5.10 Å². The van der Waals surface area contributed by atoms with Crippen molar-refractivity contribution in [3.63, 3.8) is 0 Å². The van der Waals surface area contributed by atoms with Gasteiger partial charge in [-0.3, -0.25) is 14.5 Å². The summed E-state index contributed by atoms with van der Waals surface area (Å²) in [7, 11) is 1.77. The largest absolute Gasteiger partial charge is 0.343 e. The summed E-state index contributed by atoms with van der Waals surface area (Å²) in [5.74, 6) is -0.188. The van der Waals surface area contributed by atoms with Crippen LogP contribution in [0.25, 0.3) is 22.4 Å². The zero-order valence-corrected chi connectivity index (χ0v) is 16.4. The molecule has 27 heavy (non-hydrogen) atoms. The first-order chi connectivity index (χ1) is 12.7. The van der Waals surface area contributed by atoms with E-state index in [4.69, 9.17) is 0 Å². The number of carbonyl (C=O) groups excluding carboxylic acids is 1. The fraction of sp³-hybridized carbons (Fsp3) is 0.211. The molecule has 2 aromatic heterocycles. The van der Waals surface area contributed by atoms with Crippen LogP contribution in [0, 0.1) is 0 Å². The Kier molecular flexibility index (Phi) is 4.84. The second-order valence-corrected chi connectivity index (χ2v) is 8.44. The van der Waals surface area contributed by atoms with Crippen LogP contribution < -0.4 is 0 Å². The molecule has 140 valence electrons. The highest BCUT2D eigenvalue weighted by molar-refractivity contribution is 7.90. The summed E-state index contributed by atoms with van der Waals surface area (Å²) in [6, 6.07) is 10.1. The van der Waals surface area contributed by atoms with Gasteiger partial charge in [0.05, 0.1) is 4.90 Å². The van der Waals surface area contributed by atoms with Crippen molar-refractivity contribution in [1.82, 2.24) is 19.7 Å². The van der Waals surface area contributed by atoms with Crippen molar-refractivity contribution in [3.05, 3.63) is 54.5 Å². The van der Waals surface area contributed by atoms with Gasteiger partial charge in [-0.15, -0.1) is 0 Å². The molecular weight excluding hydrogens is 364 g/mol. The Morgan fingerprint density at radius 2 is 1.59 bits per heavy atom. The molecule has 7 nitrogen and oxygen atoms in total. The SMILES string of the molecule is CN(C)C(=O)c1c(-c2ccc(S(C)(=O)=O)cc2)c(-c2ccncc2)nn1C. The predicted octanol–water partition coefficient (Wildman–Crippen LogP) is 2.25. The molecule has 0 aliphatic heterocycles. The van der Waals surface area contributed by atoms with E-state index in [0.29, 0.717) is 22.5 Å². The number of pyridine rings is 1. The monoisotopic (exact) mass is 384 g/mol. The predicted molar refractivity (Wildman–Crippen MR) is 103 cm³/mol. The van der Waals surface area contributed by atoms with E-state index >= 15 is 0 Å². The Labute approximate surface area is 158 Å². The Balaban J connectivity index is 2.27. The minimum absolute atomic E-state index is 0.188. The van der Waals surface area contributed by atoms with E-state index in [-0.39, 0.29) is 10.8 Å². The lowest BCUT2D eigenvalue weighted by molar-refractivity contribution is 0.0817. The molecule has 1 aromatic carbocycles. The van der Waals surface area contributed by atoms with Gasteiger partial charge in [0, 0.05) is 50.9 Å². The van der Waals surface area contributed by atoms with Crippen LogP contribution in [0.15, 0.2) is 53.7 Å². The quantitative estimate of drug-likeness (QED) is 0.689. The number of rotatable bonds is 4. The van der Waals surface area contributed by atoms with Crippen molar-refractivity contribution in [3.8, 4) is 22.4 Å². The van der Waals surface area contributed by atoms with Crippen LogP contribution in [-0.2, 0) is 16.9 Å². The molecule has 0 unspecified atom stereocenters. The number of sulfone groups is 1. The fourth-order valence-corrected chi connectivity index (χ4v) is 3.47. The molecule has 0 aliphatic carbocycles. The summed E-state index contributed by atoms with van der Waals surface area (Å²) in [6.07, 6.45) is 4.48. The molecule has 8 heteroatoms. The summed E-state index contributed by atoms with van der Waals surface area (Å²) in [6.45, 7) is 0. The standard InChI is InChI=1S/C19H20N4O3S/c1-22(2)19(24)18-16(13-5-7-15(8-6-13)27(4,25)26)17(21-23(18)3)14-9-11-20-12-10-14/h5-12H,1-4H3. The van der Waals surface area contributed by atoms with Gasteiger partial charge < -0.3 is 4.90 Å². The average Bonchev–Trinajstić information content (AvgIpc) is 2.98. The zero-order valence-electron chi connectivity index (χ0n) is 15.5. The van der Waals surface area contributed by atoms with Gasteiger partial charge in [0.1, 0.15) is 11.4 Å². The summed E-state index contributed by atoms with van der Waals surface area (Å²) >= 11 is 0. The number of carbonyl (C=O) groups is 1. The van der Waals surface area contributed by atoms with Crippen molar-refractivity contribution in [1.29, 1.82) is 0 Å². The Morgan fingerprint density at radius 3 is 2.11 bits per heavy atom. The summed E-state index contributed by atoms with van der Waals surface area (Å²) in [4.78, 5) is 18.5. The van der Waals surface area contributed by atoms with E-state index in [9.17, 15) is 13.2 Å². The molecule has 0 radical (unpaired) electrons. The zero-order chi connectivity index (χ0) is 19.8. The molecule has 0 atom stereocenters. The van der Waals surface area contributed by atoms with Gasteiger partial charge in [0.25, 0.3) is 5.91 Å². The molecule has 0 saturated heterocycles. The summed E-state index contributed by atoms with van der Waals surface area (Å²) in [5, 5.41) is 4.56. The molecule has 3 aromatic rings. The normalized spacial score (nSPS) is 11.4. The van der Waals surface area contributed by atoms with E-state index in [1.165, 1.54) is 17.0 Å². The Hall–Kier alpha value is -3.00. The highest BCUT2D eigenvalue weighted by Gasteiger charge is 2.25.